The van der Waals surface area contributed by atoms with E-state index in [-0.39, 0.29) is 21.7 Å². The molecule has 0 spiro atoms. The molecule has 5 rings (SSSR count). The lowest BCUT2D eigenvalue weighted by molar-refractivity contribution is -0.660. The number of hydrogen-bond acceptors (Lipinski definition) is 0. The van der Waals surface area contributed by atoms with Gasteiger partial charge in [0.1, 0.15) is 7.05 Å². The molecule has 2 aliphatic rings. The molecule has 0 saturated carbocycles. The number of fused-ring (bicyclic) bond motifs is 2. The van der Waals surface area contributed by atoms with E-state index in [9.17, 15) is 0 Å². The Morgan fingerprint density at radius 3 is 1.77 bits per heavy atom. The van der Waals surface area contributed by atoms with Crippen LogP contribution < -0.4 is 4.57 Å². The first-order valence-corrected chi connectivity index (χ1v) is 13.1. The first-order chi connectivity index (χ1) is 17.3. The summed E-state index contributed by atoms with van der Waals surface area (Å²) < 4.78 is 27.9. The first kappa shape index (κ1) is 20.7. The molecule has 184 valence electrons. The summed E-state index contributed by atoms with van der Waals surface area (Å²) in [7, 11) is 1.97. The van der Waals surface area contributed by atoms with Crippen LogP contribution in [0.4, 0.5) is 0 Å². The highest BCUT2D eigenvalue weighted by Crippen LogP contribution is 2.60. The van der Waals surface area contributed by atoms with E-state index >= 15 is 0 Å². The lowest BCUT2D eigenvalue weighted by Gasteiger charge is -2.30. The van der Waals surface area contributed by atoms with E-state index in [2.05, 4.69) is 98.7 Å². The fourth-order valence-electron chi connectivity index (χ4n) is 7.99. The second-order valence-electron chi connectivity index (χ2n) is 13.9. The van der Waals surface area contributed by atoms with Crippen LogP contribution in [0, 0.1) is 13.8 Å². The van der Waals surface area contributed by atoms with Crippen molar-refractivity contribution < 1.29 is 8.68 Å². The Hall–Kier alpha value is -2.41. The maximum absolute atomic E-state index is 8.64. The van der Waals surface area contributed by atoms with Crippen LogP contribution in [0.1, 0.15) is 106 Å². The fraction of sp³-hybridized carbons (Fsp3) is 0.500. The van der Waals surface area contributed by atoms with E-state index in [1.54, 1.807) is 0 Å². The van der Waals surface area contributed by atoms with Crippen LogP contribution in [0.2, 0.25) is 0 Å². The summed E-state index contributed by atoms with van der Waals surface area (Å²) in [5.74, 6) is 0. The van der Waals surface area contributed by atoms with Gasteiger partial charge in [0.15, 0.2) is 6.20 Å². The van der Waals surface area contributed by atoms with Crippen molar-refractivity contribution in [2.45, 2.75) is 104 Å². The Bertz CT molecular complexity index is 1420. The van der Waals surface area contributed by atoms with Crippen molar-refractivity contribution in [3.05, 3.63) is 76.0 Å². The van der Waals surface area contributed by atoms with Gasteiger partial charge in [-0.3, -0.25) is 0 Å². The molecule has 0 saturated heterocycles. The molecular formula is C34H44N+. The Balaban J connectivity index is 2.01. The van der Waals surface area contributed by atoms with Crippen molar-refractivity contribution >= 4 is 0 Å². The second kappa shape index (κ2) is 7.31. The summed E-state index contributed by atoms with van der Waals surface area (Å²) in [6.45, 7) is 18.7. The van der Waals surface area contributed by atoms with Crippen molar-refractivity contribution in [3.8, 4) is 22.4 Å². The normalized spacial score (nSPS) is 22.2. The van der Waals surface area contributed by atoms with Crippen molar-refractivity contribution in [2.75, 3.05) is 0 Å². The summed E-state index contributed by atoms with van der Waals surface area (Å²) >= 11 is 0. The Labute approximate surface area is 217 Å². The molecule has 0 amide bonds. The molecular weight excluding hydrogens is 422 g/mol. The number of aromatic nitrogens is 1. The summed E-state index contributed by atoms with van der Waals surface area (Å²) in [5, 5.41) is 0. The zero-order chi connectivity index (χ0) is 28.2. The molecule has 1 aromatic heterocycles. The fourth-order valence-corrected chi connectivity index (χ4v) is 7.99. The van der Waals surface area contributed by atoms with Crippen LogP contribution in [0.5, 0.6) is 0 Å². The van der Waals surface area contributed by atoms with E-state index in [1.807, 2.05) is 17.8 Å². The molecule has 0 aliphatic heterocycles. The highest BCUT2D eigenvalue weighted by atomic mass is 14.9. The molecule has 1 heterocycles. The highest BCUT2D eigenvalue weighted by molar-refractivity contribution is 5.83. The number of aryl methyl sites for hydroxylation is 3. The zero-order valence-electron chi connectivity index (χ0n) is 26.4. The summed E-state index contributed by atoms with van der Waals surface area (Å²) in [5.41, 5.74) is 11.2. The van der Waals surface area contributed by atoms with Gasteiger partial charge in [0.05, 0.1) is 0 Å². The Morgan fingerprint density at radius 2 is 1.26 bits per heavy atom. The van der Waals surface area contributed by atoms with Crippen LogP contribution in [0.3, 0.4) is 0 Å². The number of pyridine rings is 1. The molecule has 0 unspecified atom stereocenters. The smallest absolute Gasteiger partial charge is 0.201 e. The predicted molar refractivity (Wildman–Crippen MR) is 149 cm³/mol. The van der Waals surface area contributed by atoms with Crippen LogP contribution >= 0.6 is 0 Å². The van der Waals surface area contributed by atoms with E-state index in [0.29, 0.717) is 5.56 Å². The largest absolute Gasteiger partial charge is 0.213 e. The average Bonchev–Trinajstić information content (AvgIpc) is 3.07. The van der Waals surface area contributed by atoms with Crippen LogP contribution in [0.25, 0.3) is 22.4 Å². The maximum atomic E-state index is 8.64. The molecule has 2 aliphatic carbocycles. The molecule has 2 aromatic carbocycles. The molecule has 0 N–H and O–H groups in total. The van der Waals surface area contributed by atoms with Crippen LogP contribution in [-0.2, 0) is 28.7 Å². The minimum Gasteiger partial charge on any atom is -0.201 e. The molecule has 0 radical (unpaired) electrons. The van der Waals surface area contributed by atoms with Crippen molar-refractivity contribution in [3.63, 3.8) is 0 Å². The number of hydrogen-bond donors (Lipinski definition) is 0. The van der Waals surface area contributed by atoms with E-state index < -0.39 is 6.85 Å². The molecule has 1 nitrogen and oxygen atoms in total. The summed E-state index contributed by atoms with van der Waals surface area (Å²) in [6.07, 6.45) is 3.96. The van der Waals surface area contributed by atoms with Gasteiger partial charge in [0, 0.05) is 21.3 Å². The van der Waals surface area contributed by atoms with Gasteiger partial charge in [0.25, 0.3) is 0 Å². The van der Waals surface area contributed by atoms with Gasteiger partial charge in [-0.15, -0.1) is 0 Å². The van der Waals surface area contributed by atoms with Gasteiger partial charge in [-0.05, 0) is 93.3 Å². The number of nitrogens with zero attached hydrogens (tertiary/aromatic N) is 1. The zero-order valence-corrected chi connectivity index (χ0v) is 23.4. The lowest BCUT2D eigenvalue weighted by Crippen LogP contribution is -2.31. The molecule has 0 bridgehead atoms. The van der Waals surface area contributed by atoms with E-state index in [0.717, 1.165) is 29.7 Å². The minimum absolute atomic E-state index is 0.0177. The second-order valence-corrected chi connectivity index (χ2v) is 13.9. The molecule has 35 heavy (non-hydrogen) atoms. The lowest BCUT2D eigenvalue weighted by atomic mass is 9.73. The van der Waals surface area contributed by atoms with E-state index in [1.165, 1.54) is 33.4 Å². The average molecular weight is 470 g/mol. The minimum atomic E-state index is -2.23. The van der Waals surface area contributed by atoms with Gasteiger partial charge >= 0.3 is 0 Å². The van der Waals surface area contributed by atoms with Gasteiger partial charge < -0.3 is 0 Å². The third-order valence-electron chi connectivity index (χ3n) is 8.87. The molecule has 3 aromatic rings. The van der Waals surface area contributed by atoms with Gasteiger partial charge in [-0.2, -0.15) is 0 Å². The Morgan fingerprint density at radius 1 is 0.714 bits per heavy atom. The van der Waals surface area contributed by atoms with Crippen molar-refractivity contribution in [1.29, 1.82) is 0 Å². The molecule has 0 fully saturated rings. The molecule has 0 atom stereocenters. The topological polar surface area (TPSA) is 3.88 Å². The third-order valence-corrected chi connectivity index (χ3v) is 8.87. The maximum Gasteiger partial charge on any atom is 0.213 e. The van der Waals surface area contributed by atoms with Crippen LogP contribution in [0.15, 0.2) is 42.6 Å². The van der Waals surface area contributed by atoms with Gasteiger partial charge in [-0.25, -0.2) is 4.57 Å². The number of rotatable bonds is 2. The van der Waals surface area contributed by atoms with Crippen molar-refractivity contribution in [2.24, 2.45) is 7.05 Å². The van der Waals surface area contributed by atoms with Gasteiger partial charge in [0.2, 0.25) is 5.69 Å². The summed E-state index contributed by atoms with van der Waals surface area (Å²) in [4.78, 5) is 0. The summed E-state index contributed by atoms with van der Waals surface area (Å²) in [6, 6.07) is 13.1. The van der Waals surface area contributed by atoms with Crippen molar-refractivity contribution in [1.82, 2.24) is 0 Å². The third kappa shape index (κ3) is 3.52. The van der Waals surface area contributed by atoms with Crippen LogP contribution in [-0.4, -0.2) is 0 Å². The standard InChI is InChI=1S/C34H44N/c1-21-14-12-13-15-23(21)27-16-24(22(2)18-35(27)11)28-29-25(31(3,4)19-33(29,7)8)17-26-30(28)34(9,10)20-32(26,5)6/h12-18H,19-20H2,1-11H3/q+1/i2D3. The highest BCUT2D eigenvalue weighted by Gasteiger charge is 2.50. The first-order valence-electron chi connectivity index (χ1n) is 14.6. The Kier molecular flexibility index (Phi) is 4.33. The number of benzene rings is 2. The van der Waals surface area contributed by atoms with Gasteiger partial charge in [-0.1, -0.05) is 79.7 Å². The molecule has 1 heteroatoms. The quantitative estimate of drug-likeness (QED) is 0.332. The monoisotopic (exact) mass is 469 g/mol. The SMILES string of the molecule is [2H]C([2H])([2H])c1c[n+](C)c(-c2ccccc2C)cc1-c1c2c(cc3c1C(C)(C)CC3(C)C)C(C)(C)CC2(C)C. The predicted octanol–water partition coefficient (Wildman–Crippen LogP) is 8.38. The van der Waals surface area contributed by atoms with E-state index in [4.69, 9.17) is 4.11 Å².